The minimum atomic E-state index is -2.64. The van der Waals surface area contributed by atoms with Crippen molar-refractivity contribution < 1.29 is 159 Å². The Morgan fingerprint density at radius 1 is 0.603 bits per heavy atom. The van der Waals surface area contributed by atoms with Gasteiger partial charge in [0.15, 0.2) is 0 Å². The van der Waals surface area contributed by atoms with Gasteiger partial charge in [0.1, 0.15) is 0 Å². The van der Waals surface area contributed by atoms with Crippen LogP contribution in [0.15, 0.2) is 127 Å². The summed E-state index contributed by atoms with van der Waals surface area (Å²) < 4.78 is 77.6. The summed E-state index contributed by atoms with van der Waals surface area (Å²) >= 11 is -7.06. The molecule has 1 aromatic heterocycles. The Labute approximate surface area is 518 Å². The molecule has 2 fully saturated rings. The Morgan fingerprint density at radius 2 is 1.18 bits per heavy atom. The van der Waals surface area contributed by atoms with Crippen LogP contribution in [0.5, 0.6) is 0 Å². The summed E-state index contributed by atoms with van der Waals surface area (Å²) in [7, 11) is 0. The summed E-state index contributed by atoms with van der Waals surface area (Å²) in [5.41, 5.74) is 2.13. The Morgan fingerprint density at radius 3 is 1.81 bits per heavy atom. The number of hydrogen-bond donors (Lipinski definition) is 5. The normalized spacial score (nSPS) is 16.4. The van der Waals surface area contributed by atoms with Crippen LogP contribution >= 0.6 is 12.0 Å². The molecule has 356 valence electrons. The number of aliphatic imine (C=N–C) groups is 2. The second-order valence-corrected chi connectivity index (χ2v) is 19.5. The molecule has 0 bridgehead atoms. The fourth-order valence-corrected chi connectivity index (χ4v) is 10.5. The Bertz CT molecular complexity index is 3290. The molecule has 0 radical (unpaired) electrons. The molecule has 2 saturated heterocycles. The van der Waals surface area contributed by atoms with E-state index in [0.717, 1.165) is 62.6 Å². The van der Waals surface area contributed by atoms with E-state index >= 15 is 0 Å². The predicted octanol–water partition coefficient (Wildman–Crippen LogP) is -6.40. The van der Waals surface area contributed by atoms with E-state index in [-0.39, 0.29) is 145 Å². The minimum Gasteiger partial charge on any atom is -0.768 e. The third kappa shape index (κ3) is 14.2. The number of hydrogen-bond acceptors (Lipinski definition) is 22. The number of nitrogens with one attached hydrogen (secondary N) is 5. The number of benzene rings is 6. The summed E-state index contributed by atoms with van der Waals surface area (Å²) in [5, 5.41) is 33.9. The fourth-order valence-electron chi connectivity index (χ4n) is 8.51. The van der Waals surface area contributed by atoms with Gasteiger partial charge in [-0.1, -0.05) is 36.4 Å². The number of fused-ring (bicyclic) bond motifs is 3. The van der Waals surface area contributed by atoms with E-state index in [9.17, 15) is 31.5 Å². The number of anilines is 7. The monoisotopic (exact) mass is 1100 g/mol. The van der Waals surface area contributed by atoms with E-state index in [2.05, 4.69) is 40.9 Å². The number of likely N-dealkylation sites (tertiary alicyclic amines) is 1. The van der Waals surface area contributed by atoms with Gasteiger partial charge in [0.2, 0.25) is 36.1 Å². The van der Waals surface area contributed by atoms with Gasteiger partial charge in [0, 0.05) is 79.3 Å². The van der Waals surface area contributed by atoms with Crippen LogP contribution in [0.25, 0.3) is 32.3 Å². The van der Waals surface area contributed by atoms with Crippen molar-refractivity contribution >= 4 is 130 Å². The third-order valence-corrected chi connectivity index (χ3v) is 14.2. The molecule has 10 rings (SSSR count). The van der Waals surface area contributed by atoms with Crippen molar-refractivity contribution in [1.29, 1.82) is 0 Å². The van der Waals surface area contributed by atoms with Crippen molar-refractivity contribution in [2.24, 2.45) is 9.98 Å². The van der Waals surface area contributed by atoms with Crippen molar-refractivity contribution in [2.75, 3.05) is 52.3 Å². The molecular weight excluding hydrogens is 1060 g/mol. The molecule has 3 aliphatic rings. The second-order valence-electron chi connectivity index (χ2n) is 16.0. The zero-order chi connectivity index (χ0) is 47.6. The van der Waals surface area contributed by atoms with Gasteiger partial charge < -0.3 is 50.0 Å². The molecule has 6 aromatic carbocycles. The van der Waals surface area contributed by atoms with E-state index in [1.54, 1.807) is 30.3 Å². The first-order valence-corrected chi connectivity index (χ1v) is 25.4. The van der Waals surface area contributed by atoms with Gasteiger partial charge in [-0.05, 0) is 141 Å². The maximum absolute atomic E-state index is 12.4. The predicted molar refractivity (Wildman–Crippen MR) is 259 cm³/mol. The first-order chi connectivity index (χ1) is 33.5. The number of nitrogens with zero attached hydrogens (tertiary/aromatic N) is 7. The summed E-state index contributed by atoms with van der Waals surface area (Å²) in [6.07, 6.45) is 3.07. The van der Waals surface area contributed by atoms with Gasteiger partial charge in [0.25, 0.3) is 0 Å². The van der Waals surface area contributed by atoms with Crippen molar-refractivity contribution in [3.8, 4) is 0 Å². The largest absolute Gasteiger partial charge is 1.00 e. The third-order valence-electron chi connectivity index (χ3n) is 11.6. The zero-order valence-electron chi connectivity index (χ0n) is 39.9. The van der Waals surface area contributed by atoms with E-state index in [1.165, 1.54) is 30.3 Å². The molecule has 7 aromatic rings. The topological polar surface area (TPSA) is 292 Å². The van der Waals surface area contributed by atoms with Crippen molar-refractivity contribution in [3.63, 3.8) is 0 Å². The zero-order valence-corrected chi connectivity index (χ0v) is 51.2. The quantitative estimate of drug-likeness (QED) is 0.0223. The summed E-state index contributed by atoms with van der Waals surface area (Å²) in [5.74, 6) is 1.67. The SMILES string of the molecule is O=S([O-])c1ccc2c(S(=O)[O-])cc(Nc3nc(Nc4cccc5c(NC6N=C(Nc7cc(S(=O)[O-])c8ccc(SOO[O-])cc8c7)NC(N7CCCC7)=N6)cccc45)nc(N4CCCC4)n3)cc2c1.[Na+].[Na+].[Na+].[Na+]. The van der Waals surface area contributed by atoms with Gasteiger partial charge in [0.05, 0.1) is 12.0 Å². The van der Waals surface area contributed by atoms with Gasteiger partial charge in [-0.25, -0.2) is 9.98 Å². The number of guanidine groups is 2. The van der Waals surface area contributed by atoms with Gasteiger partial charge >= 0.3 is 118 Å². The average molecular weight is 1100 g/mol. The molecular formula is C44H38N12Na4O9S4. The van der Waals surface area contributed by atoms with Crippen molar-refractivity contribution in [2.45, 2.75) is 51.6 Å². The van der Waals surface area contributed by atoms with E-state index in [0.29, 0.717) is 79.1 Å². The van der Waals surface area contributed by atoms with E-state index in [1.807, 2.05) is 41.3 Å². The van der Waals surface area contributed by atoms with E-state index < -0.39 is 39.5 Å². The van der Waals surface area contributed by atoms with Crippen LogP contribution in [0.2, 0.25) is 0 Å². The van der Waals surface area contributed by atoms with Gasteiger partial charge in [-0.3, -0.25) is 23.0 Å². The molecule has 5 N–H and O–H groups in total. The molecule has 0 aliphatic carbocycles. The first-order valence-electron chi connectivity index (χ1n) is 21.4. The van der Waals surface area contributed by atoms with Crippen LogP contribution in [0.4, 0.5) is 40.6 Å². The smallest absolute Gasteiger partial charge is 0.768 e. The molecule has 4 atom stereocenters. The minimum absolute atomic E-state index is 0. The fraction of sp³-hybridized carbons (Fsp3) is 0.205. The van der Waals surface area contributed by atoms with Crippen LogP contribution in [0, 0.1) is 0 Å². The van der Waals surface area contributed by atoms with Crippen LogP contribution in [-0.2, 0) is 42.6 Å². The van der Waals surface area contributed by atoms with Crippen LogP contribution in [-0.4, -0.2) is 90.5 Å². The maximum Gasteiger partial charge on any atom is 1.00 e. The number of aromatic nitrogens is 3. The van der Waals surface area contributed by atoms with Crippen LogP contribution in [0.3, 0.4) is 0 Å². The first kappa shape index (κ1) is 59.8. The van der Waals surface area contributed by atoms with Crippen molar-refractivity contribution in [1.82, 2.24) is 25.2 Å². The van der Waals surface area contributed by atoms with Gasteiger partial charge in [-0.2, -0.15) is 19.3 Å². The molecule has 0 spiro atoms. The standard InChI is InChI=1S/C44H42N12O9S4.4Na/c57-64-65-66-29-11-13-31-25(21-29)19-27(23-37(31)68(60)61)45-39-49-41(53-43(51-39)55-15-1-2-16-55)47-35-9-5-8-34-33(35)7-6-10-36(34)48-42-50-40(52-44(54-42)56-17-3-4-18-56)46-28-20-26-22-30(67(58)59)12-14-32(26)38(24-28)69(62)63;;;;/h5-14,19-24,41,47,57H,1-4,15-18H2,(H,58,59)(H,60,61)(H,62,63)(H2,45,49,51,53)(H2,46,48,50,52,54);;;;/q;4*+1/p-4. The van der Waals surface area contributed by atoms with Crippen LogP contribution < -0.4 is 155 Å². The van der Waals surface area contributed by atoms with Gasteiger partial charge in [-0.15, -0.1) is 0 Å². The van der Waals surface area contributed by atoms with Crippen LogP contribution in [0.1, 0.15) is 25.7 Å². The molecule has 0 saturated carbocycles. The number of rotatable bonds is 14. The molecule has 73 heavy (non-hydrogen) atoms. The molecule has 4 unspecified atom stereocenters. The van der Waals surface area contributed by atoms with Crippen molar-refractivity contribution in [3.05, 3.63) is 97.1 Å². The Kier molecular flexibility index (Phi) is 22.4. The molecule has 29 heteroatoms. The average Bonchev–Trinajstić information content (AvgIpc) is 4.10. The molecule has 21 nitrogen and oxygen atoms in total. The summed E-state index contributed by atoms with van der Waals surface area (Å²) in [6, 6.07) is 27.0. The molecule has 3 aliphatic heterocycles. The summed E-state index contributed by atoms with van der Waals surface area (Å²) in [4.78, 5) is 28.7. The maximum atomic E-state index is 12.4. The van der Waals surface area contributed by atoms with E-state index in [4.69, 9.17) is 24.9 Å². The summed E-state index contributed by atoms with van der Waals surface area (Å²) in [6.45, 7) is 3.03. The molecule has 4 heterocycles. The Hall–Kier alpha value is -2.39. The second kappa shape index (κ2) is 27.3. The molecule has 0 amide bonds. The Balaban J connectivity index is 0.00000217.